The van der Waals surface area contributed by atoms with E-state index in [0.717, 1.165) is 0 Å². The van der Waals surface area contributed by atoms with Gasteiger partial charge in [-0.1, -0.05) is 0 Å². The van der Waals surface area contributed by atoms with Crippen LogP contribution in [0.5, 0.6) is 0 Å². The van der Waals surface area contributed by atoms with Crippen molar-refractivity contribution >= 4 is 21.5 Å². The summed E-state index contributed by atoms with van der Waals surface area (Å²) in [7, 11) is -5.89. The molecular weight excluding hydrogens is 590 g/mol. The fourth-order valence-corrected chi connectivity index (χ4v) is 3.82. The number of rotatable bonds is 4. The van der Waals surface area contributed by atoms with Crippen LogP contribution in [-0.2, 0) is 28.4 Å². The Morgan fingerprint density at radius 3 is 1.74 bits per heavy atom. The molecule has 0 aliphatic heterocycles. The Morgan fingerprint density at radius 2 is 1.28 bits per heavy atom. The molecule has 0 fully saturated rings. The molecule has 0 aliphatic rings. The summed E-state index contributed by atoms with van der Waals surface area (Å²) in [6, 6.07) is 1.54. The maximum atomic E-state index is 13.5. The van der Waals surface area contributed by atoms with Crippen LogP contribution in [0.2, 0.25) is 0 Å². The van der Waals surface area contributed by atoms with E-state index in [1.165, 1.54) is 0 Å². The van der Waals surface area contributed by atoms with Gasteiger partial charge in [-0.2, -0.15) is 52.7 Å². The molecule has 3 aromatic rings. The summed E-state index contributed by atoms with van der Waals surface area (Å²) in [5.41, 5.74) is -15.0. The van der Waals surface area contributed by atoms with E-state index in [2.05, 4.69) is 4.98 Å². The second-order valence-corrected chi connectivity index (χ2v) is 9.40. The largest absolute Gasteiger partial charge is 0.501 e. The Hall–Kier alpha value is -3.77. The van der Waals surface area contributed by atoms with Gasteiger partial charge in [0.15, 0.2) is 5.69 Å². The summed E-state index contributed by atoms with van der Waals surface area (Å²) < 4.78 is 181. The van der Waals surface area contributed by atoms with Crippen molar-refractivity contribution < 1.29 is 61.1 Å². The number of alkyl halides is 12. The van der Waals surface area contributed by atoms with Crippen LogP contribution in [0.25, 0.3) is 5.69 Å². The standard InChI is InChI=1S/C20H9F12N3O3S/c21-17(22,23)9-1-6-13(12(7-9)18(24,25)26)33-16-34-14(19(27,28)29)8-15(36)35(16)10-2-4-11(5-3-10)39(37,38)20(30,31)32/h1-8H,(H,33,34). The van der Waals surface area contributed by atoms with Gasteiger partial charge in [0.05, 0.1) is 27.4 Å². The lowest BCUT2D eigenvalue weighted by atomic mass is 10.1. The van der Waals surface area contributed by atoms with Gasteiger partial charge in [0.2, 0.25) is 5.95 Å². The van der Waals surface area contributed by atoms with E-state index in [4.69, 9.17) is 0 Å². The first kappa shape index (κ1) is 29.8. The first-order valence-corrected chi connectivity index (χ1v) is 11.2. The lowest BCUT2D eigenvalue weighted by molar-refractivity contribution is -0.143. The highest BCUT2D eigenvalue weighted by Crippen LogP contribution is 2.40. The van der Waals surface area contributed by atoms with Crippen LogP contribution in [0.1, 0.15) is 16.8 Å². The third kappa shape index (κ3) is 6.12. The average molecular weight is 599 g/mol. The normalized spacial score (nSPS) is 13.4. The zero-order valence-electron chi connectivity index (χ0n) is 18.2. The number of hydrogen-bond acceptors (Lipinski definition) is 5. The van der Waals surface area contributed by atoms with Gasteiger partial charge < -0.3 is 5.32 Å². The molecule has 0 unspecified atom stereocenters. The molecule has 2 aromatic carbocycles. The molecule has 0 saturated heterocycles. The van der Waals surface area contributed by atoms with Gasteiger partial charge in [0.1, 0.15) is 0 Å². The van der Waals surface area contributed by atoms with Crippen molar-refractivity contribution in [3.8, 4) is 5.69 Å². The first-order chi connectivity index (χ1) is 17.5. The minimum atomic E-state index is -5.89. The number of nitrogens with one attached hydrogen (secondary N) is 1. The van der Waals surface area contributed by atoms with E-state index in [-0.39, 0.29) is 28.8 Å². The topological polar surface area (TPSA) is 81.1 Å². The van der Waals surface area contributed by atoms with Crippen molar-refractivity contribution in [2.45, 2.75) is 28.9 Å². The Labute approximate surface area is 208 Å². The van der Waals surface area contributed by atoms with Crippen molar-refractivity contribution in [2.24, 2.45) is 0 Å². The zero-order valence-corrected chi connectivity index (χ0v) is 19.0. The van der Waals surface area contributed by atoms with Crippen molar-refractivity contribution in [2.75, 3.05) is 5.32 Å². The molecule has 0 radical (unpaired) electrons. The molecule has 212 valence electrons. The van der Waals surface area contributed by atoms with E-state index in [0.29, 0.717) is 24.3 Å². The van der Waals surface area contributed by atoms with E-state index in [9.17, 15) is 65.9 Å². The second kappa shape index (κ2) is 9.45. The fraction of sp³-hybridized carbons (Fsp3) is 0.200. The summed E-state index contributed by atoms with van der Waals surface area (Å²) in [6.07, 6.45) is -16.1. The summed E-state index contributed by atoms with van der Waals surface area (Å²) in [5.74, 6) is -1.34. The smallest absolute Gasteiger partial charge is 0.325 e. The number of nitrogens with zero attached hydrogens (tertiary/aromatic N) is 2. The number of aromatic nitrogens is 2. The molecule has 39 heavy (non-hydrogen) atoms. The molecule has 1 aromatic heterocycles. The van der Waals surface area contributed by atoms with Crippen molar-refractivity contribution in [3.05, 3.63) is 75.7 Å². The third-order valence-electron chi connectivity index (χ3n) is 4.82. The second-order valence-electron chi connectivity index (χ2n) is 7.46. The van der Waals surface area contributed by atoms with Crippen LogP contribution in [0, 0.1) is 0 Å². The molecule has 0 amide bonds. The van der Waals surface area contributed by atoms with E-state index >= 15 is 0 Å². The molecule has 0 atom stereocenters. The van der Waals surface area contributed by atoms with Gasteiger partial charge in [-0.3, -0.25) is 4.79 Å². The average Bonchev–Trinajstić information content (AvgIpc) is 2.76. The number of halogens is 12. The van der Waals surface area contributed by atoms with Gasteiger partial charge in [-0.25, -0.2) is 18.0 Å². The van der Waals surface area contributed by atoms with Gasteiger partial charge in [-0.05, 0) is 42.5 Å². The van der Waals surface area contributed by atoms with Gasteiger partial charge in [-0.15, -0.1) is 0 Å². The number of sulfone groups is 1. The van der Waals surface area contributed by atoms with Crippen LogP contribution < -0.4 is 10.9 Å². The maximum absolute atomic E-state index is 13.5. The molecule has 19 heteroatoms. The van der Waals surface area contributed by atoms with Crippen molar-refractivity contribution in [3.63, 3.8) is 0 Å². The Balaban J connectivity index is 2.25. The van der Waals surface area contributed by atoms with Crippen LogP contribution in [0.15, 0.2) is 58.2 Å². The first-order valence-electron chi connectivity index (χ1n) is 9.72. The number of anilines is 2. The highest BCUT2D eigenvalue weighted by Gasteiger charge is 2.47. The quantitative estimate of drug-likeness (QED) is 0.355. The highest BCUT2D eigenvalue weighted by atomic mass is 32.2. The summed E-state index contributed by atoms with van der Waals surface area (Å²) in [5, 5.41) is 1.71. The predicted octanol–water partition coefficient (Wildman–Crippen LogP) is 6.33. The number of hydrogen-bond donors (Lipinski definition) is 1. The van der Waals surface area contributed by atoms with Crippen molar-refractivity contribution in [1.82, 2.24) is 9.55 Å². The fourth-order valence-electron chi connectivity index (χ4n) is 3.05. The number of benzene rings is 2. The monoisotopic (exact) mass is 599 g/mol. The molecule has 1 N–H and O–H groups in total. The Kier molecular flexibility index (Phi) is 7.22. The molecule has 0 bridgehead atoms. The third-order valence-corrected chi connectivity index (χ3v) is 6.32. The van der Waals surface area contributed by atoms with Gasteiger partial charge in [0, 0.05) is 6.07 Å². The molecule has 0 spiro atoms. The molecular formula is C20H9F12N3O3S. The van der Waals surface area contributed by atoms with Gasteiger partial charge in [0.25, 0.3) is 15.4 Å². The predicted molar refractivity (Wildman–Crippen MR) is 108 cm³/mol. The van der Waals surface area contributed by atoms with Crippen LogP contribution in [0.4, 0.5) is 64.3 Å². The van der Waals surface area contributed by atoms with Gasteiger partial charge >= 0.3 is 24.0 Å². The molecule has 6 nitrogen and oxygen atoms in total. The van der Waals surface area contributed by atoms with E-state index in [1.807, 2.05) is 0 Å². The van der Waals surface area contributed by atoms with Crippen molar-refractivity contribution in [1.29, 1.82) is 0 Å². The van der Waals surface area contributed by atoms with E-state index < -0.39 is 78.5 Å². The summed E-state index contributed by atoms with van der Waals surface area (Å²) in [4.78, 5) is 14.2. The molecule has 3 rings (SSSR count). The molecule has 1 heterocycles. The van der Waals surface area contributed by atoms with E-state index in [1.54, 1.807) is 5.32 Å². The van der Waals surface area contributed by atoms with Crippen LogP contribution >= 0.6 is 0 Å². The maximum Gasteiger partial charge on any atom is 0.501 e. The molecule has 0 aliphatic carbocycles. The lowest BCUT2D eigenvalue weighted by Crippen LogP contribution is -2.26. The minimum absolute atomic E-state index is 0.122. The summed E-state index contributed by atoms with van der Waals surface area (Å²) in [6.45, 7) is 0. The van der Waals surface area contributed by atoms with Crippen LogP contribution in [0.3, 0.4) is 0 Å². The zero-order chi connectivity index (χ0) is 29.8. The minimum Gasteiger partial charge on any atom is -0.325 e. The Morgan fingerprint density at radius 1 is 0.718 bits per heavy atom. The Bertz CT molecular complexity index is 1550. The summed E-state index contributed by atoms with van der Waals surface area (Å²) >= 11 is 0. The highest BCUT2D eigenvalue weighted by molar-refractivity contribution is 7.92. The van der Waals surface area contributed by atoms with Crippen LogP contribution in [-0.4, -0.2) is 23.5 Å². The SMILES string of the molecule is O=c1cc(C(F)(F)F)nc(Nc2ccc(C(F)(F)F)cc2C(F)(F)F)n1-c1ccc(S(=O)(=O)C(F)(F)F)cc1. The lowest BCUT2D eigenvalue weighted by Gasteiger charge is -2.20. The molecule has 0 saturated carbocycles.